The fourth-order valence-electron chi connectivity index (χ4n) is 4.91. The zero-order valence-electron chi connectivity index (χ0n) is 15.3. The van der Waals surface area contributed by atoms with Gasteiger partial charge in [0.05, 0.1) is 6.54 Å². The number of hydrogen-bond acceptors (Lipinski definition) is 3. The summed E-state index contributed by atoms with van der Waals surface area (Å²) in [7, 11) is 0. The Labute approximate surface area is 154 Å². The van der Waals surface area contributed by atoms with E-state index in [0.717, 1.165) is 44.6 Å². The van der Waals surface area contributed by atoms with Crippen LogP contribution < -0.4 is 5.32 Å². The number of fused-ring (bicyclic) bond motifs is 1. The number of piperidine rings is 2. The van der Waals surface area contributed by atoms with Crippen LogP contribution in [-0.4, -0.2) is 61.0 Å². The van der Waals surface area contributed by atoms with Gasteiger partial charge in [0.2, 0.25) is 5.91 Å². The van der Waals surface area contributed by atoms with Crippen LogP contribution in [0, 0.1) is 11.8 Å². The Hall–Kier alpha value is -0.320. The van der Waals surface area contributed by atoms with Crippen LogP contribution in [-0.2, 0) is 4.79 Å². The van der Waals surface area contributed by atoms with Gasteiger partial charge in [-0.3, -0.25) is 9.69 Å². The molecule has 4 nitrogen and oxygen atoms in total. The minimum absolute atomic E-state index is 0. The minimum atomic E-state index is 0. The van der Waals surface area contributed by atoms with Gasteiger partial charge in [0.1, 0.15) is 0 Å². The molecule has 5 heteroatoms. The van der Waals surface area contributed by atoms with Crippen molar-refractivity contribution in [3.05, 3.63) is 0 Å². The Morgan fingerprint density at radius 3 is 2.46 bits per heavy atom. The van der Waals surface area contributed by atoms with E-state index in [1.165, 1.54) is 51.4 Å². The molecule has 3 rings (SSSR count). The van der Waals surface area contributed by atoms with Crippen LogP contribution in [0.1, 0.15) is 58.3 Å². The summed E-state index contributed by atoms with van der Waals surface area (Å²) in [4.78, 5) is 17.5. The molecule has 0 aromatic rings. The second-order valence-electron chi connectivity index (χ2n) is 7.87. The first-order valence-electron chi connectivity index (χ1n) is 10.0. The van der Waals surface area contributed by atoms with E-state index in [4.69, 9.17) is 0 Å². The molecule has 2 aliphatic heterocycles. The van der Waals surface area contributed by atoms with E-state index in [0.29, 0.717) is 18.5 Å². The van der Waals surface area contributed by atoms with Crippen molar-refractivity contribution < 1.29 is 4.79 Å². The number of carbonyl (C=O) groups is 1. The Morgan fingerprint density at radius 2 is 1.71 bits per heavy atom. The molecule has 2 saturated heterocycles. The maximum Gasteiger partial charge on any atom is 0.237 e. The molecule has 0 aromatic carbocycles. The van der Waals surface area contributed by atoms with Crippen LogP contribution >= 0.6 is 12.4 Å². The summed E-state index contributed by atoms with van der Waals surface area (Å²) >= 11 is 0. The third kappa shape index (κ3) is 5.09. The van der Waals surface area contributed by atoms with E-state index < -0.39 is 0 Å². The van der Waals surface area contributed by atoms with Gasteiger partial charge < -0.3 is 10.2 Å². The van der Waals surface area contributed by atoms with Crippen molar-refractivity contribution in [1.82, 2.24) is 15.1 Å². The van der Waals surface area contributed by atoms with Crippen LogP contribution in [0.5, 0.6) is 0 Å². The smallest absolute Gasteiger partial charge is 0.237 e. The van der Waals surface area contributed by atoms with Gasteiger partial charge in [-0.05, 0) is 76.5 Å². The highest BCUT2D eigenvalue weighted by Crippen LogP contribution is 2.35. The van der Waals surface area contributed by atoms with Crippen molar-refractivity contribution in [1.29, 1.82) is 0 Å². The zero-order valence-corrected chi connectivity index (χ0v) is 16.2. The lowest BCUT2D eigenvalue weighted by molar-refractivity contribution is -0.139. The normalized spacial score (nSPS) is 29.0. The van der Waals surface area contributed by atoms with E-state index in [1.807, 2.05) is 0 Å². The van der Waals surface area contributed by atoms with E-state index in [2.05, 4.69) is 22.0 Å². The van der Waals surface area contributed by atoms with Crippen LogP contribution in [0.2, 0.25) is 0 Å². The van der Waals surface area contributed by atoms with Gasteiger partial charge in [-0.25, -0.2) is 0 Å². The molecule has 0 bridgehead atoms. The number of halogens is 1. The molecule has 3 fully saturated rings. The molecular formula is C19H36ClN3O. The second kappa shape index (κ2) is 9.98. The number of carbonyl (C=O) groups excluding carboxylic acids is 1. The second-order valence-corrected chi connectivity index (χ2v) is 7.87. The summed E-state index contributed by atoms with van der Waals surface area (Å²) in [6.07, 6.45) is 10.4. The monoisotopic (exact) mass is 357 g/mol. The lowest BCUT2D eigenvalue weighted by Gasteiger charge is -2.45. The maximum atomic E-state index is 12.8. The summed E-state index contributed by atoms with van der Waals surface area (Å²) in [5.74, 6) is 2.01. The predicted octanol–water partition coefficient (Wildman–Crippen LogP) is 2.91. The molecule has 1 amide bonds. The number of nitrogens with zero attached hydrogens (tertiary/aromatic N) is 2. The van der Waals surface area contributed by atoms with Crippen molar-refractivity contribution >= 4 is 18.3 Å². The number of nitrogens with one attached hydrogen (secondary N) is 1. The summed E-state index contributed by atoms with van der Waals surface area (Å²) in [6.45, 7) is 8.26. The highest BCUT2D eigenvalue weighted by Gasteiger charge is 2.36. The molecule has 3 aliphatic rings. The first kappa shape index (κ1) is 20.0. The van der Waals surface area contributed by atoms with Gasteiger partial charge in [0.15, 0.2) is 0 Å². The molecular weight excluding hydrogens is 322 g/mol. The number of likely N-dealkylation sites (tertiary alicyclic amines) is 2. The standard InChI is InChI=1S/C19H35N3O.ClH/c1-2-20-14-16-9-12-21(13-10-16)15-19(23)22-11-5-7-17-6-3-4-8-18(17)22;/h16-18,20H,2-15H2,1H3;1H. The topological polar surface area (TPSA) is 35.6 Å². The van der Waals surface area contributed by atoms with E-state index in [-0.39, 0.29) is 12.4 Å². The molecule has 0 aromatic heterocycles. The predicted molar refractivity (Wildman–Crippen MR) is 102 cm³/mol. The molecule has 0 radical (unpaired) electrons. The summed E-state index contributed by atoms with van der Waals surface area (Å²) < 4.78 is 0. The third-order valence-electron chi connectivity index (χ3n) is 6.31. The van der Waals surface area contributed by atoms with Crippen molar-refractivity contribution in [2.75, 3.05) is 39.3 Å². The first-order valence-corrected chi connectivity index (χ1v) is 10.0. The fraction of sp³-hybridized carbons (Fsp3) is 0.947. The Balaban J connectivity index is 0.00000208. The van der Waals surface area contributed by atoms with Crippen molar-refractivity contribution in [2.45, 2.75) is 64.3 Å². The van der Waals surface area contributed by atoms with Crippen molar-refractivity contribution in [2.24, 2.45) is 11.8 Å². The van der Waals surface area contributed by atoms with Crippen LogP contribution in [0.3, 0.4) is 0 Å². The minimum Gasteiger partial charge on any atom is -0.338 e. The molecule has 140 valence electrons. The fourth-order valence-corrected chi connectivity index (χ4v) is 4.91. The van der Waals surface area contributed by atoms with Gasteiger partial charge >= 0.3 is 0 Å². The molecule has 24 heavy (non-hydrogen) atoms. The molecule has 2 atom stereocenters. The molecule has 2 heterocycles. The molecule has 1 aliphatic carbocycles. The molecule has 0 spiro atoms. The van der Waals surface area contributed by atoms with Crippen molar-refractivity contribution in [3.8, 4) is 0 Å². The Kier molecular flexibility index (Phi) is 8.32. The molecule has 1 saturated carbocycles. The number of hydrogen-bond donors (Lipinski definition) is 1. The Morgan fingerprint density at radius 1 is 1.00 bits per heavy atom. The largest absolute Gasteiger partial charge is 0.338 e. The summed E-state index contributed by atoms with van der Waals surface area (Å²) in [5, 5.41) is 3.46. The average Bonchev–Trinajstić information content (AvgIpc) is 2.60. The van der Waals surface area contributed by atoms with Gasteiger partial charge in [-0.1, -0.05) is 19.8 Å². The van der Waals surface area contributed by atoms with Gasteiger partial charge in [0.25, 0.3) is 0 Å². The summed E-state index contributed by atoms with van der Waals surface area (Å²) in [5.41, 5.74) is 0. The molecule has 1 N–H and O–H groups in total. The highest BCUT2D eigenvalue weighted by molar-refractivity contribution is 5.85. The van der Waals surface area contributed by atoms with Gasteiger partial charge in [-0.2, -0.15) is 0 Å². The van der Waals surface area contributed by atoms with Crippen LogP contribution in [0.25, 0.3) is 0 Å². The first-order chi connectivity index (χ1) is 11.3. The summed E-state index contributed by atoms with van der Waals surface area (Å²) in [6, 6.07) is 0.566. The lowest BCUT2D eigenvalue weighted by atomic mass is 9.78. The molecule has 2 unspecified atom stereocenters. The van der Waals surface area contributed by atoms with Gasteiger partial charge in [-0.15, -0.1) is 12.4 Å². The van der Waals surface area contributed by atoms with Gasteiger partial charge in [0, 0.05) is 12.6 Å². The van der Waals surface area contributed by atoms with E-state index >= 15 is 0 Å². The number of rotatable bonds is 5. The van der Waals surface area contributed by atoms with E-state index in [9.17, 15) is 4.79 Å². The average molecular weight is 358 g/mol. The van der Waals surface area contributed by atoms with Crippen LogP contribution in [0.4, 0.5) is 0 Å². The van der Waals surface area contributed by atoms with E-state index in [1.54, 1.807) is 0 Å². The zero-order chi connectivity index (χ0) is 16.1. The van der Waals surface area contributed by atoms with Crippen LogP contribution in [0.15, 0.2) is 0 Å². The SMILES string of the molecule is CCNCC1CCN(CC(=O)N2CCCC3CCCCC32)CC1.Cl. The third-order valence-corrected chi connectivity index (χ3v) is 6.31. The Bertz CT molecular complexity index is 383. The van der Waals surface area contributed by atoms with Crippen molar-refractivity contribution in [3.63, 3.8) is 0 Å². The number of amides is 1. The quantitative estimate of drug-likeness (QED) is 0.821. The maximum absolute atomic E-state index is 12.8. The lowest BCUT2D eigenvalue weighted by Crippen LogP contribution is -2.53. The highest BCUT2D eigenvalue weighted by atomic mass is 35.5.